The van der Waals surface area contributed by atoms with Gasteiger partial charge in [-0.1, -0.05) is 78.9 Å². The van der Waals surface area contributed by atoms with Crippen molar-refractivity contribution >= 4 is 16.9 Å². The zero-order chi connectivity index (χ0) is 22.8. The Hall–Kier alpha value is -3.70. The molecule has 2 heterocycles. The number of nitrogens with zero attached hydrogens (tertiary/aromatic N) is 2. The number of amides is 1. The van der Waals surface area contributed by atoms with Crippen molar-refractivity contribution < 1.29 is 9.21 Å². The highest BCUT2D eigenvalue weighted by atomic mass is 16.4. The highest BCUT2D eigenvalue weighted by Gasteiger charge is 2.29. The molecule has 0 spiro atoms. The third kappa shape index (κ3) is 4.20. The topological polar surface area (TPSA) is 53.8 Å². The van der Waals surface area contributed by atoms with Gasteiger partial charge in [-0.25, -0.2) is 4.79 Å². The first-order chi connectivity index (χ1) is 16.1. The van der Waals surface area contributed by atoms with Gasteiger partial charge in [0.2, 0.25) is 0 Å². The zero-order valence-electron chi connectivity index (χ0n) is 18.6. The molecule has 3 aromatic carbocycles. The van der Waals surface area contributed by atoms with Crippen molar-refractivity contribution in [2.75, 3.05) is 26.2 Å². The molecule has 1 aromatic heterocycles. The maximum absolute atomic E-state index is 13.2. The van der Waals surface area contributed by atoms with Gasteiger partial charge in [-0.3, -0.25) is 9.69 Å². The zero-order valence-corrected chi connectivity index (χ0v) is 18.6. The van der Waals surface area contributed by atoms with Gasteiger partial charge in [0.05, 0.1) is 6.04 Å². The Balaban J connectivity index is 1.37. The fourth-order valence-electron chi connectivity index (χ4n) is 4.68. The van der Waals surface area contributed by atoms with E-state index < -0.39 is 5.63 Å². The largest absolute Gasteiger partial charge is 0.422 e. The molecule has 5 nitrogen and oxygen atoms in total. The van der Waals surface area contributed by atoms with E-state index >= 15 is 0 Å². The molecule has 1 amide bonds. The summed E-state index contributed by atoms with van der Waals surface area (Å²) in [5.41, 5.74) is 3.41. The fraction of sp³-hybridized carbons (Fsp3) is 0.214. The monoisotopic (exact) mass is 438 g/mol. The Morgan fingerprint density at radius 3 is 2.03 bits per heavy atom. The van der Waals surface area contributed by atoms with Gasteiger partial charge in [-0.05, 0) is 29.7 Å². The first-order valence-electron chi connectivity index (χ1n) is 11.3. The van der Waals surface area contributed by atoms with Crippen LogP contribution in [-0.2, 0) is 0 Å². The number of fused-ring (bicyclic) bond motifs is 1. The van der Waals surface area contributed by atoms with Crippen LogP contribution in [0.2, 0.25) is 0 Å². The van der Waals surface area contributed by atoms with Crippen molar-refractivity contribution in [3.63, 3.8) is 0 Å². The van der Waals surface area contributed by atoms with E-state index in [1.807, 2.05) is 37.3 Å². The average molecular weight is 439 g/mol. The van der Waals surface area contributed by atoms with Crippen molar-refractivity contribution in [3.05, 3.63) is 118 Å². The minimum atomic E-state index is -0.573. The van der Waals surface area contributed by atoms with Gasteiger partial charge in [0.1, 0.15) is 11.1 Å². The molecule has 0 N–H and O–H groups in total. The van der Waals surface area contributed by atoms with Crippen LogP contribution in [-0.4, -0.2) is 41.9 Å². The van der Waals surface area contributed by atoms with Crippen LogP contribution in [0, 0.1) is 6.92 Å². The smallest absolute Gasteiger partial charge is 0.349 e. The summed E-state index contributed by atoms with van der Waals surface area (Å²) in [6.45, 7) is 4.44. The van der Waals surface area contributed by atoms with Crippen LogP contribution in [0.15, 0.2) is 94.1 Å². The number of rotatable bonds is 4. The molecule has 5 rings (SSSR count). The van der Waals surface area contributed by atoms with Crippen LogP contribution in [0.4, 0.5) is 0 Å². The van der Waals surface area contributed by atoms with E-state index in [9.17, 15) is 9.59 Å². The fourth-order valence-corrected chi connectivity index (χ4v) is 4.68. The Bertz CT molecular complexity index is 1280. The van der Waals surface area contributed by atoms with Gasteiger partial charge in [0, 0.05) is 31.6 Å². The second-order valence-electron chi connectivity index (χ2n) is 8.49. The maximum Gasteiger partial charge on any atom is 0.349 e. The number of piperazine rings is 1. The second kappa shape index (κ2) is 9.04. The van der Waals surface area contributed by atoms with Crippen molar-refractivity contribution in [3.8, 4) is 0 Å². The van der Waals surface area contributed by atoms with Gasteiger partial charge in [-0.2, -0.15) is 0 Å². The molecule has 1 fully saturated rings. The molecule has 0 atom stereocenters. The van der Waals surface area contributed by atoms with Crippen molar-refractivity contribution in [2.45, 2.75) is 13.0 Å². The number of hydrogen-bond acceptors (Lipinski definition) is 4. The lowest BCUT2D eigenvalue weighted by molar-refractivity contribution is 0.0593. The number of benzene rings is 3. The van der Waals surface area contributed by atoms with Crippen LogP contribution in [0.1, 0.15) is 33.1 Å². The van der Waals surface area contributed by atoms with Gasteiger partial charge in [0.25, 0.3) is 5.91 Å². The summed E-state index contributed by atoms with van der Waals surface area (Å²) in [6.07, 6.45) is 0. The van der Waals surface area contributed by atoms with Crippen molar-refractivity contribution in [2.24, 2.45) is 0 Å². The number of hydrogen-bond donors (Lipinski definition) is 0. The van der Waals surface area contributed by atoms with E-state index in [0.717, 1.165) is 24.0 Å². The molecule has 0 aliphatic carbocycles. The Morgan fingerprint density at radius 2 is 1.42 bits per heavy atom. The summed E-state index contributed by atoms with van der Waals surface area (Å²) < 4.78 is 5.50. The van der Waals surface area contributed by atoms with E-state index in [2.05, 4.69) is 53.4 Å². The summed E-state index contributed by atoms with van der Waals surface area (Å²) in [5.74, 6) is -0.261. The predicted octanol–water partition coefficient (Wildman–Crippen LogP) is 4.65. The van der Waals surface area contributed by atoms with Crippen molar-refractivity contribution in [1.29, 1.82) is 0 Å². The molecule has 0 bridgehead atoms. The molecule has 1 aliphatic rings. The summed E-state index contributed by atoms with van der Waals surface area (Å²) in [6, 6.07) is 28.3. The molecule has 33 heavy (non-hydrogen) atoms. The minimum Gasteiger partial charge on any atom is -0.422 e. The van der Waals surface area contributed by atoms with Gasteiger partial charge in [0.15, 0.2) is 0 Å². The van der Waals surface area contributed by atoms with E-state index in [4.69, 9.17) is 4.42 Å². The first-order valence-corrected chi connectivity index (χ1v) is 11.3. The normalized spacial score (nSPS) is 14.7. The van der Waals surface area contributed by atoms with Gasteiger partial charge >= 0.3 is 5.63 Å². The average Bonchev–Trinajstić information content (AvgIpc) is 2.86. The van der Waals surface area contributed by atoms with Gasteiger partial charge < -0.3 is 9.32 Å². The third-order valence-electron chi connectivity index (χ3n) is 6.38. The lowest BCUT2D eigenvalue weighted by atomic mass is 9.96. The van der Waals surface area contributed by atoms with E-state index in [1.165, 1.54) is 11.1 Å². The lowest BCUT2D eigenvalue weighted by Crippen LogP contribution is -2.50. The quantitative estimate of drug-likeness (QED) is 0.435. The Morgan fingerprint density at radius 1 is 0.818 bits per heavy atom. The standard InChI is InChI=1S/C28H26N2O3/c1-20-9-8-14-23-19-24(28(32)33-26(20)23)27(31)30-17-15-29(16-18-30)25(21-10-4-2-5-11-21)22-12-6-3-7-13-22/h2-14,19,25H,15-18H2,1H3. The molecule has 5 heteroatoms. The lowest BCUT2D eigenvalue weighted by Gasteiger charge is -2.39. The predicted molar refractivity (Wildman–Crippen MR) is 129 cm³/mol. The van der Waals surface area contributed by atoms with Crippen LogP contribution in [0.3, 0.4) is 0 Å². The van der Waals surface area contributed by atoms with Crippen molar-refractivity contribution in [1.82, 2.24) is 9.80 Å². The van der Waals surface area contributed by atoms with Crippen LogP contribution in [0.25, 0.3) is 11.0 Å². The van der Waals surface area contributed by atoms with E-state index in [0.29, 0.717) is 18.7 Å². The van der Waals surface area contributed by atoms with Crippen LogP contribution >= 0.6 is 0 Å². The molecule has 1 aliphatic heterocycles. The summed E-state index contributed by atoms with van der Waals surface area (Å²) in [7, 11) is 0. The Labute approximate surface area is 192 Å². The van der Waals surface area contributed by atoms with Crippen LogP contribution in [0.5, 0.6) is 0 Å². The highest BCUT2D eigenvalue weighted by Crippen LogP contribution is 2.29. The number of aryl methyl sites for hydroxylation is 1. The number of carbonyl (C=O) groups is 1. The third-order valence-corrected chi connectivity index (χ3v) is 6.38. The molecule has 166 valence electrons. The van der Waals surface area contributed by atoms with E-state index in [-0.39, 0.29) is 17.5 Å². The molecule has 4 aromatic rings. The molecular weight excluding hydrogens is 412 g/mol. The SMILES string of the molecule is Cc1cccc2cc(C(=O)N3CCN(C(c4ccccc4)c4ccccc4)CC3)c(=O)oc12. The second-order valence-corrected chi connectivity index (χ2v) is 8.49. The molecule has 0 saturated carbocycles. The minimum absolute atomic E-state index is 0.101. The summed E-state index contributed by atoms with van der Waals surface area (Å²) in [4.78, 5) is 30.0. The number of para-hydroxylation sites is 1. The summed E-state index contributed by atoms with van der Waals surface area (Å²) >= 11 is 0. The molecule has 0 unspecified atom stereocenters. The highest BCUT2D eigenvalue weighted by molar-refractivity contribution is 5.97. The maximum atomic E-state index is 13.2. The Kier molecular flexibility index (Phi) is 5.80. The summed E-state index contributed by atoms with van der Waals surface area (Å²) in [5, 5.41) is 0.768. The molecule has 1 saturated heterocycles. The van der Waals surface area contributed by atoms with Gasteiger partial charge in [-0.15, -0.1) is 0 Å². The first kappa shape index (κ1) is 21.2. The molecule has 0 radical (unpaired) electrons. The van der Waals surface area contributed by atoms with E-state index in [1.54, 1.807) is 11.0 Å². The van der Waals surface area contributed by atoms with Crippen LogP contribution < -0.4 is 5.63 Å². The number of carbonyl (C=O) groups excluding carboxylic acids is 1. The molecular formula is C28H26N2O3.